The van der Waals surface area contributed by atoms with Crippen LogP contribution in [-0.2, 0) is 0 Å². The first-order chi connectivity index (χ1) is 12.0. The van der Waals surface area contributed by atoms with Crippen LogP contribution in [0.4, 0.5) is 5.13 Å². The molecule has 0 saturated heterocycles. The highest BCUT2D eigenvalue weighted by Crippen LogP contribution is 2.32. The first-order valence-corrected chi connectivity index (χ1v) is 9.51. The molecule has 0 unspecified atom stereocenters. The average molecular weight is 411 g/mol. The van der Waals surface area contributed by atoms with E-state index in [0.717, 1.165) is 31.0 Å². The van der Waals surface area contributed by atoms with Gasteiger partial charge in [-0.25, -0.2) is 4.98 Å². The summed E-state index contributed by atoms with van der Waals surface area (Å²) in [4.78, 5) is 17.4. The van der Waals surface area contributed by atoms with E-state index in [0.29, 0.717) is 10.7 Å². The van der Waals surface area contributed by atoms with Gasteiger partial charge in [-0.05, 0) is 47.9 Å². The van der Waals surface area contributed by atoms with Crippen molar-refractivity contribution < 1.29 is 4.79 Å². The summed E-state index contributed by atoms with van der Waals surface area (Å²) in [5.41, 5.74) is 3.89. The third kappa shape index (κ3) is 2.83. The molecule has 0 saturated carbocycles. The fourth-order valence-corrected chi connectivity index (χ4v) is 4.45. The molecule has 4 rings (SSSR count). The number of hydrogen-bond acceptors (Lipinski definition) is 3. The molecule has 1 N–H and O–H groups in total. The van der Waals surface area contributed by atoms with Crippen LogP contribution in [0.1, 0.15) is 21.5 Å². The molecule has 25 heavy (non-hydrogen) atoms. The first kappa shape index (κ1) is 16.2. The van der Waals surface area contributed by atoms with E-state index in [1.165, 1.54) is 16.9 Å². The lowest BCUT2D eigenvalue weighted by Gasteiger charge is -2.07. The quantitative estimate of drug-likeness (QED) is 0.434. The molecule has 0 aliphatic heterocycles. The molecule has 3 nitrogen and oxygen atoms in total. The van der Waals surface area contributed by atoms with Crippen LogP contribution in [-0.4, -0.2) is 10.9 Å². The van der Waals surface area contributed by atoms with E-state index in [9.17, 15) is 4.79 Å². The highest BCUT2D eigenvalue weighted by atomic mass is 79.9. The van der Waals surface area contributed by atoms with Crippen molar-refractivity contribution in [3.63, 3.8) is 0 Å². The Morgan fingerprint density at radius 2 is 1.72 bits per heavy atom. The predicted molar refractivity (Wildman–Crippen MR) is 109 cm³/mol. The van der Waals surface area contributed by atoms with Crippen LogP contribution in [0.5, 0.6) is 0 Å². The van der Waals surface area contributed by atoms with Crippen molar-refractivity contribution in [1.29, 1.82) is 0 Å². The maximum absolute atomic E-state index is 12.8. The summed E-state index contributed by atoms with van der Waals surface area (Å²) in [5, 5.41) is 5.53. The zero-order valence-electron chi connectivity index (χ0n) is 13.8. The van der Waals surface area contributed by atoms with Gasteiger partial charge in [0.15, 0.2) is 5.13 Å². The Bertz CT molecular complexity index is 1090. The van der Waals surface area contributed by atoms with Crippen molar-refractivity contribution in [3.05, 3.63) is 69.7 Å². The minimum absolute atomic E-state index is 0.141. The Morgan fingerprint density at radius 3 is 2.52 bits per heavy atom. The largest absolute Gasteiger partial charge is 0.298 e. The first-order valence-electron chi connectivity index (χ1n) is 7.90. The Morgan fingerprint density at radius 1 is 1.00 bits per heavy atom. The fraction of sp³-hybridized carbons (Fsp3) is 0.100. The van der Waals surface area contributed by atoms with Crippen LogP contribution >= 0.6 is 27.3 Å². The second-order valence-electron chi connectivity index (χ2n) is 5.99. The molecule has 0 aliphatic rings. The lowest BCUT2D eigenvalue weighted by Crippen LogP contribution is -2.12. The van der Waals surface area contributed by atoms with Crippen LogP contribution in [0.15, 0.2) is 53.0 Å². The SMILES string of the molecule is Cc1ccc(C)c2sc(NC(=O)c3cccc4c(Br)cccc34)nc12. The fourth-order valence-electron chi connectivity index (χ4n) is 2.95. The van der Waals surface area contributed by atoms with E-state index in [2.05, 4.69) is 45.3 Å². The lowest BCUT2D eigenvalue weighted by molar-refractivity contribution is 0.102. The third-order valence-corrected chi connectivity index (χ3v) is 6.07. The van der Waals surface area contributed by atoms with Crippen molar-refractivity contribution in [2.24, 2.45) is 0 Å². The van der Waals surface area contributed by atoms with Gasteiger partial charge in [0.05, 0.1) is 10.2 Å². The number of halogens is 1. The lowest BCUT2D eigenvalue weighted by atomic mass is 10.0. The van der Waals surface area contributed by atoms with Gasteiger partial charge in [-0.15, -0.1) is 0 Å². The number of nitrogens with one attached hydrogen (secondary N) is 1. The number of thiazole rings is 1. The highest BCUT2D eigenvalue weighted by Gasteiger charge is 2.14. The molecule has 124 valence electrons. The number of benzene rings is 3. The van der Waals surface area contributed by atoms with Gasteiger partial charge in [0.1, 0.15) is 0 Å². The van der Waals surface area contributed by atoms with E-state index >= 15 is 0 Å². The summed E-state index contributed by atoms with van der Waals surface area (Å²) < 4.78 is 2.10. The third-order valence-electron chi connectivity index (χ3n) is 4.28. The number of hydrogen-bond donors (Lipinski definition) is 1. The summed E-state index contributed by atoms with van der Waals surface area (Å²) in [5.74, 6) is -0.141. The molecule has 1 aromatic heterocycles. The number of aromatic nitrogens is 1. The predicted octanol–water partition coefficient (Wildman–Crippen LogP) is 6.08. The van der Waals surface area contributed by atoms with Crippen molar-refractivity contribution in [1.82, 2.24) is 4.98 Å². The molecule has 0 radical (unpaired) electrons. The van der Waals surface area contributed by atoms with E-state index in [1.54, 1.807) is 0 Å². The zero-order valence-corrected chi connectivity index (χ0v) is 16.2. The Hall–Kier alpha value is -2.24. The van der Waals surface area contributed by atoms with Gasteiger partial charge in [0.2, 0.25) is 0 Å². The van der Waals surface area contributed by atoms with Crippen molar-refractivity contribution >= 4 is 59.3 Å². The van der Waals surface area contributed by atoms with Gasteiger partial charge in [-0.1, -0.05) is 63.7 Å². The highest BCUT2D eigenvalue weighted by molar-refractivity contribution is 9.10. The molecule has 1 amide bonds. The molecule has 0 fully saturated rings. The molecule has 5 heteroatoms. The van der Waals surface area contributed by atoms with Gasteiger partial charge in [0, 0.05) is 10.0 Å². The maximum atomic E-state index is 12.8. The topological polar surface area (TPSA) is 42.0 Å². The minimum Gasteiger partial charge on any atom is -0.298 e. The molecule has 0 aliphatic carbocycles. The van der Waals surface area contributed by atoms with Crippen LogP contribution in [0.25, 0.3) is 21.0 Å². The summed E-state index contributed by atoms with van der Waals surface area (Å²) in [6, 6.07) is 15.8. The Kier molecular flexibility index (Phi) is 4.06. The smallest absolute Gasteiger partial charge is 0.258 e. The molecule has 3 aromatic carbocycles. The normalized spacial score (nSPS) is 11.2. The average Bonchev–Trinajstić information content (AvgIpc) is 3.03. The number of anilines is 1. The molecule has 0 spiro atoms. The zero-order chi connectivity index (χ0) is 17.6. The number of fused-ring (bicyclic) bond motifs is 2. The summed E-state index contributed by atoms with van der Waals surface area (Å²) in [7, 11) is 0. The van der Waals surface area contributed by atoms with Crippen LogP contribution in [0.3, 0.4) is 0 Å². The van der Waals surface area contributed by atoms with Gasteiger partial charge in [-0.2, -0.15) is 0 Å². The van der Waals surface area contributed by atoms with E-state index in [-0.39, 0.29) is 5.91 Å². The summed E-state index contributed by atoms with van der Waals surface area (Å²) in [6.07, 6.45) is 0. The van der Waals surface area contributed by atoms with Gasteiger partial charge in [0.25, 0.3) is 5.91 Å². The van der Waals surface area contributed by atoms with Crippen molar-refractivity contribution in [3.8, 4) is 0 Å². The number of rotatable bonds is 2. The molecule has 0 bridgehead atoms. The van der Waals surface area contributed by atoms with E-state index in [1.807, 2.05) is 43.3 Å². The summed E-state index contributed by atoms with van der Waals surface area (Å²) in [6.45, 7) is 4.10. The monoisotopic (exact) mass is 410 g/mol. The standard InChI is InChI=1S/C20H15BrN2OS/c1-11-9-10-12(2)18-17(11)22-20(25-18)23-19(24)15-7-3-6-14-13(15)5-4-8-16(14)21/h3-10H,1-2H3,(H,22,23,24). The molecule has 1 heterocycles. The van der Waals surface area contributed by atoms with Crippen LogP contribution in [0.2, 0.25) is 0 Å². The molecular weight excluding hydrogens is 396 g/mol. The van der Waals surface area contributed by atoms with E-state index in [4.69, 9.17) is 0 Å². The van der Waals surface area contributed by atoms with Crippen LogP contribution in [0, 0.1) is 13.8 Å². The molecule has 4 aromatic rings. The number of carbonyl (C=O) groups excluding carboxylic acids is 1. The number of nitrogens with zero attached hydrogens (tertiary/aromatic N) is 1. The second-order valence-corrected chi connectivity index (χ2v) is 7.84. The van der Waals surface area contributed by atoms with Gasteiger partial charge >= 0.3 is 0 Å². The molecular formula is C20H15BrN2OS. The summed E-state index contributed by atoms with van der Waals surface area (Å²) >= 11 is 5.06. The van der Waals surface area contributed by atoms with E-state index < -0.39 is 0 Å². The Labute approximate surface area is 157 Å². The minimum atomic E-state index is -0.141. The number of carbonyl (C=O) groups is 1. The van der Waals surface area contributed by atoms with Gasteiger partial charge in [-0.3, -0.25) is 10.1 Å². The van der Waals surface area contributed by atoms with Crippen molar-refractivity contribution in [2.45, 2.75) is 13.8 Å². The number of amides is 1. The van der Waals surface area contributed by atoms with Gasteiger partial charge < -0.3 is 0 Å². The molecule has 0 atom stereocenters. The second kappa shape index (κ2) is 6.24. The maximum Gasteiger partial charge on any atom is 0.258 e. The van der Waals surface area contributed by atoms with Crippen molar-refractivity contribution in [2.75, 3.05) is 5.32 Å². The number of aryl methyl sites for hydroxylation is 2. The van der Waals surface area contributed by atoms with Crippen LogP contribution < -0.4 is 5.32 Å². The Balaban J connectivity index is 1.75.